The molecule has 0 bridgehead atoms. The number of carbonyl (C=O) groups is 1. The van der Waals surface area contributed by atoms with E-state index in [4.69, 9.17) is 15.2 Å². The van der Waals surface area contributed by atoms with Gasteiger partial charge in [0, 0.05) is 18.9 Å². The molecule has 0 atom stereocenters. The molecule has 7 heteroatoms. The third-order valence-electron chi connectivity index (χ3n) is 2.92. The Bertz CT molecular complexity index is 661. The molecule has 0 saturated heterocycles. The number of rotatable bonds is 6. The molecule has 1 heterocycles. The molecule has 7 nitrogen and oxygen atoms in total. The van der Waals surface area contributed by atoms with Gasteiger partial charge < -0.3 is 20.5 Å². The van der Waals surface area contributed by atoms with Gasteiger partial charge in [-0.15, -0.1) is 0 Å². The number of anilines is 1. The van der Waals surface area contributed by atoms with Crippen LogP contribution in [0.4, 0.5) is 5.82 Å². The molecule has 0 fully saturated rings. The summed E-state index contributed by atoms with van der Waals surface area (Å²) in [6.45, 7) is 2.77. The average molecular weight is 302 g/mol. The zero-order valence-corrected chi connectivity index (χ0v) is 12.5. The number of nitrogens with zero attached hydrogens (tertiary/aromatic N) is 2. The van der Waals surface area contributed by atoms with Crippen molar-refractivity contribution in [3.8, 4) is 11.5 Å². The predicted molar refractivity (Wildman–Crippen MR) is 81.8 cm³/mol. The lowest BCUT2D eigenvalue weighted by molar-refractivity contribution is 0.0946. The van der Waals surface area contributed by atoms with Crippen LogP contribution in [0.25, 0.3) is 0 Å². The number of nitrogen functional groups attached to an aromatic ring is 1. The van der Waals surface area contributed by atoms with Crippen molar-refractivity contribution in [2.75, 3.05) is 19.5 Å². The molecule has 0 aliphatic heterocycles. The predicted octanol–water partition coefficient (Wildman–Crippen LogP) is 1.40. The van der Waals surface area contributed by atoms with Gasteiger partial charge in [0.1, 0.15) is 0 Å². The molecule has 1 amide bonds. The lowest BCUT2D eigenvalue weighted by Crippen LogP contribution is -2.25. The van der Waals surface area contributed by atoms with E-state index < -0.39 is 0 Å². The van der Waals surface area contributed by atoms with Gasteiger partial charge in [-0.2, -0.15) is 0 Å². The fourth-order valence-corrected chi connectivity index (χ4v) is 1.89. The number of nitrogens with one attached hydrogen (secondary N) is 1. The molecule has 22 heavy (non-hydrogen) atoms. The van der Waals surface area contributed by atoms with E-state index in [1.807, 2.05) is 19.1 Å². The second-order valence-corrected chi connectivity index (χ2v) is 4.39. The van der Waals surface area contributed by atoms with Crippen molar-refractivity contribution in [2.45, 2.75) is 13.5 Å². The third kappa shape index (κ3) is 3.63. The first-order valence-electron chi connectivity index (χ1n) is 6.80. The van der Waals surface area contributed by atoms with Crippen LogP contribution in [-0.2, 0) is 6.54 Å². The van der Waals surface area contributed by atoms with Gasteiger partial charge >= 0.3 is 0 Å². The number of nitrogens with two attached hydrogens (primary N) is 1. The number of amides is 1. The summed E-state index contributed by atoms with van der Waals surface area (Å²) in [5.41, 5.74) is 6.60. The van der Waals surface area contributed by atoms with Crippen LogP contribution >= 0.6 is 0 Å². The Morgan fingerprint density at radius 2 is 2.05 bits per heavy atom. The van der Waals surface area contributed by atoms with E-state index in [0.29, 0.717) is 24.7 Å². The lowest BCUT2D eigenvalue weighted by atomic mass is 10.2. The Labute approximate surface area is 128 Å². The van der Waals surface area contributed by atoms with E-state index in [9.17, 15) is 4.79 Å². The highest BCUT2D eigenvalue weighted by atomic mass is 16.5. The molecule has 3 N–H and O–H groups in total. The van der Waals surface area contributed by atoms with Gasteiger partial charge in [-0.05, 0) is 24.6 Å². The molecular formula is C15H18N4O3. The molecule has 0 aliphatic carbocycles. The summed E-state index contributed by atoms with van der Waals surface area (Å²) in [6.07, 6.45) is 2.86. The van der Waals surface area contributed by atoms with Crippen molar-refractivity contribution in [3.05, 3.63) is 41.9 Å². The molecule has 0 spiro atoms. The van der Waals surface area contributed by atoms with E-state index in [1.54, 1.807) is 13.2 Å². The van der Waals surface area contributed by atoms with Crippen LogP contribution in [0.3, 0.4) is 0 Å². The van der Waals surface area contributed by atoms with E-state index in [-0.39, 0.29) is 17.4 Å². The van der Waals surface area contributed by atoms with Crippen molar-refractivity contribution in [1.82, 2.24) is 15.3 Å². The number of hydrogen-bond acceptors (Lipinski definition) is 6. The van der Waals surface area contributed by atoms with Crippen LogP contribution in [0, 0.1) is 0 Å². The third-order valence-corrected chi connectivity index (χ3v) is 2.92. The average Bonchev–Trinajstić information content (AvgIpc) is 2.54. The van der Waals surface area contributed by atoms with E-state index >= 15 is 0 Å². The Kier molecular flexibility index (Phi) is 5.13. The van der Waals surface area contributed by atoms with Crippen LogP contribution in [-0.4, -0.2) is 29.6 Å². The number of ether oxygens (including phenoxy) is 2. The van der Waals surface area contributed by atoms with Gasteiger partial charge in [-0.1, -0.05) is 6.07 Å². The van der Waals surface area contributed by atoms with Crippen LogP contribution in [0.2, 0.25) is 0 Å². The largest absolute Gasteiger partial charge is 0.493 e. The molecule has 2 rings (SSSR count). The quantitative estimate of drug-likeness (QED) is 0.836. The maximum Gasteiger partial charge on any atom is 0.273 e. The summed E-state index contributed by atoms with van der Waals surface area (Å²) in [5, 5.41) is 2.74. The molecule has 0 aliphatic rings. The fourth-order valence-electron chi connectivity index (χ4n) is 1.89. The zero-order valence-electron chi connectivity index (χ0n) is 12.5. The normalized spacial score (nSPS) is 10.1. The maximum absolute atomic E-state index is 12.0. The van der Waals surface area contributed by atoms with Crippen molar-refractivity contribution in [3.63, 3.8) is 0 Å². The molecule has 0 unspecified atom stereocenters. The van der Waals surface area contributed by atoms with Gasteiger partial charge in [-0.25, -0.2) is 9.97 Å². The lowest BCUT2D eigenvalue weighted by Gasteiger charge is -2.11. The molecule has 2 aromatic rings. The SMILES string of the molecule is CCOc1ccc(CNC(=O)c2nccnc2N)cc1OC. The molecule has 1 aromatic heterocycles. The number of carbonyl (C=O) groups excluding carboxylic acids is 1. The first-order valence-corrected chi connectivity index (χ1v) is 6.80. The summed E-state index contributed by atoms with van der Waals surface area (Å²) < 4.78 is 10.7. The topological polar surface area (TPSA) is 99.4 Å². The second kappa shape index (κ2) is 7.26. The molecule has 0 radical (unpaired) electrons. The van der Waals surface area contributed by atoms with Gasteiger partial charge in [0.15, 0.2) is 23.0 Å². The summed E-state index contributed by atoms with van der Waals surface area (Å²) in [6, 6.07) is 5.47. The summed E-state index contributed by atoms with van der Waals surface area (Å²) in [7, 11) is 1.57. The van der Waals surface area contributed by atoms with Gasteiger partial charge in [0.2, 0.25) is 0 Å². The number of methoxy groups -OCH3 is 1. The van der Waals surface area contributed by atoms with Gasteiger partial charge in [-0.3, -0.25) is 4.79 Å². The highest BCUT2D eigenvalue weighted by Gasteiger charge is 2.12. The van der Waals surface area contributed by atoms with Gasteiger partial charge in [0.05, 0.1) is 13.7 Å². The number of hydrogen-bond donors (Lipinski definition) is 2. The Balaban J connectivity index is 2.05. The molecule has 0 saturated carbocycles. The van der Waals surface area contributed by atoms with E-state index in [2.05, 4.69) is 15.3 Å². The highest BCUT2D eigenvalue weighted by Crippen LogP contribution is 2.27. The number of aromatic nitrogens is 2. The summed E-state index contributed by atoms with van der Waals surface area (Å²) in [4.78, 5) is 19.8. The van der Waals surface area contributed by atoms with E-state index in [0.717, 1.165) is 5.56 Å². The monoisotopic (exact) mass is 302 g/mol. The standard InChI is InChI=1S/C15H18N4O3/c1-3-22-11-5-4-10(8-12(11)21-2)9-19-15(20)13-14(16)18-7-6-17-13/h4-8H,3,9H2,1-2H3,(H2,16,18)(H,19,20). The molecular weight excluding hydrogens is 284 g/mol. The van der Waals surface area contributed by atoms with Crippen LogP contribution in [0.5, 0.6) is 11.5 Å². The van der Waals surface area contributed by atoms with Crippen molar-refractivity contribution in [1.29, 1.82) is 0 Å². The van der Waals surface area contributed by atoms with Crippen molar-refractivity contribution in [2.24, 2.45) is 0 Å². The van der Waals surface area contributed by atoms with Crippen LogP contribution < -0.4 is 20.5 Å². The summed E-state index contributed by atoms with van der Waals surface area (Å²) in [5.74, 6) is 1.01. The highest BCUT2D eigenvalue weighted by molar-refractivity contribution is 5.96. The van der Waals surface area contributed by atoms with Crippen molar-refractivity contribution >= 4 is 11.7 Å². The summed E-state index contributed by atoms with van der Waals surface area (Å²) >= 11 is 0. The van der Waals surface area contributed by atoms with Crippen molar-refractivity contribution < 1.29 is 14.3 Å². The first-order chi connectivity index (χ1) is 10.7. The van der Waals surface area contributed by atoms with Crippen LogP contribution in [0.15, 0.2) is 30.6 Å². The zero-order chi connectivity index (χ0) is 15.9. The smallest absolute Gasteiger partial charge is 0.273 e. The second-order valence-electron chi connectivity index (χ2n) is 4.39. The molecule has 116 valence electrons. The Morgan fingerprint density at radius 3 is 2.73 bits per heavy atom. The first kappa shape index (κ1) is 15.6. The minimum atomic E-state index is -0.376. The Hall–Kier alpha value is -2.83. The maximum atomic E-state index is 12.0. The minimum Gasteiger partial charge on any atom is -0.493 e. The Morgan fingerprint density at radius 1 is 1.27 bits per heavy atom. The van der Waals surface area contributed by atoms with Crippen LogP contribution in [0.1, 0.15) is 23.0 Å². The number of benzene rings is 1. The fraction of sp³-hybridized carbons (Fsp3) is 0.267. The minimum absolute atomic E-state index is 0.101. The molecule has 1 aromatic carbocycles. The van der Waals surface area contributed by atoms with E-state index in [1.165, 1.54) is 12.4 Å². The van der Waals surface area contributed by atoms with Gasteiger partial charge in [0.25, 0.3) is 5.91 Å².